The first-order valence-electron chi connectivity index (χ1n) is 17.5. The van der Waals surface area contributed by atoms with Gasteiger partial charge in [-0.25, -0.2) is 0 Å². The van der Waals surface area contributed by atoms with E-state index in [0.29, 0.717) is 0 Å². The summed E-state index contributed by atoms with van der Waals surface area (Å²) >= 11 is 0. The Labute approximate surface area is 294 Å². The van der Waals surface area contributed by atoms with Crippen LogP contribution in [0.3, 0.4) is 0 Å². The van der Waals surface area contributed by atoms with Crippen LogP contribution in [-0.4, -0.2) is 0 Å². The van der Waals surface area contributed by atoms with Crippen molar-refractivity contribution in [3.63, 3.8) is 0 Å². The highest BCUT2D eigenvalue weighted by Crippen LogP contribution is 2.40. The molecule has 250 valence electrons. The maximum atomic E-state index is 2.42. The van der Waals surface area contributed by atoms with Crippen LogP contribution in [0.1, 0.15) is 105 Å². The Morgan fingerprint density at radius 3 is 0.625 bits per heavy atom. The lowest BCUT2D eigenvalue weighted by Gasteiger charge is -2.29. The van der Waals surface area contributed by atoms with Crippen LogP contribution in [0.2, 0.25) is 0 Å². The van der Waals surface area contributed by atoms with E-state index in [0.717, 1.165) is 0 Å². The first kappa shape index (κ1) is 36.2. The van der Waals surface area contributed by atoms with Gasteiger partial charge in [-0.3, -0.25) is 0 Å². The molecule has 0 saturated carbocycles. The number of hydrogen-bond donors (Lipinski definition) is 0. The Bertz CT molecular complexity index is 1550. The summed E-state index contributed by atoms with van der Waals surface area (Å²) in [5.74, 6) is 0. The minimum absolute atomic E-state index is 0.111. The summed E-state index contributed by atoms with van der Waals surface area (Å²) in [7, 11) is -1.62. The Kier molecular flexibility index (Phi) is 10.3. The molecular formula is C46H56P2. The average molecular weight is 671 g/mol. The van der Waals surface area contributed by atoms with Crippen LogP contribution >= 0.6 is 15.8 Å². The molecule has 0 nitrogen and oxygen atoms in total. The lowest BCUT2D eigenvalue weighted by Crippen LogP contribution is -2.35. The van der Waals surface area contributed by atoms with Crippen molar-refractivity contribution in [2.24, 2.45) is 0 Å². The fourth-order valence-corrected chi connectivity index (χ4v) is 11.3. The van der Waals surface area contributed by atoms with E-state index in [4.69, 9.17) is 0 Å². The van der Waals surface area contributed by atoms with Crippen LogP contribution in [0.25, 0.3) is 0 Å². The summed E-state index contributed by atoms with van der Waals surface area (Å²) < 4.78 is 0. The Balaban J connectivity index is 1.74. The molecule has 0 saturated heterocycles. The predicted molar refractivity (Wildman–Crippen MR) is 219 cm³/mol. The van der Waals surface area contributed by atoms with Crippen molar-refractivity contribution < 1.29 is 0 Å². The molecule has 2 heteroatoms. The zero-order valence-corrected chi connectivity index (χ0v) is 33.2. The van der Waals surface area contributed by atoms with Gasteiger partial charge >= 0.3 is 0 Å². The molecule has 48 heavy (non-hydrogen) atoms. The maximum Gasteiger partial charge on any atom is -0.00675 e. The Morgan fingerprint density at radius 2 is 0.458 bits per heavy atom. The van der Waals surface area contributed by atoms with Crippen molar-refractivity contribution in [2.75, 3.05) is 0 Å². The van der Waals surface area contributed by atoms with Gasteiger partial charge in [0.2, 0.25) is 0 Å². The van der Waals surface area contributed by atoms with E-state index in [1.807, 2.05) is 0 Å². The normalized spacial score (nSPS) is 13.0. The molecule has 0 unspecified atom stereocenters. The van der Waals surface area contributed by atoms with Crippen molar-refractivity contribution >= 4 is 47.7 Å². The molecule has 0 aliphatic heterocycles. The molecular weight excluding hydrogens is 614 g/mol. The van der Waals surface area contributed by atoms with Gasteiger partial charge in [0.05, 0.1) is 0 Å². The average Bonchev–Trinajstić information content (AvgIpc) is 3.01. The summed E-state index contributed by atoms with van der Waals surface area (Å²) in [4.78, 5) is 0. The maximum absolute atomic E-state index is 2.42. The highest BCUT2D eigenvalue weighted by atomic mass is 31.1. The van der Waals surface area contributed by atoms with Gasteiger partial charge in [-0.1, -0.05) is 204 Å². The van der Waals surface area contributed by atoms with E-state index in [1.165, 1.54) is 54.1 Å². The lowest BCUT2D eigenvalue weighted by molar-refractivity contribution is 0.590. The van der Waals surface area contributed by atoms with Crippen LogP contribution in [-0.2, 0) is 21.7 Å². The van der Waals surface area contributed by atoms with Gasteiger partial charge in [0.15, 0.2) is 0 Å². The Hall–Kier alpha value is -3.04. The molecule has 0 heterocycles. The molecule has 5 rings (SSSR count). The zero-order valence-electron chi connectivity index (χ0n) is 31.4. The minimum Gasteiger partial charge on any atom is -0.0616 e. The van der Waals surface area contributed by atoms with E-state index in [1.54, 1.807) is 0 Å². The molecule has 0 fully saturated rings. The fourth-order valence-electron chi connectivity index (χ4n) is 6.14. The van der Waals surface area contributed by atoms with Crippen molar-refractivity contribution in [3.8, 4) is 0 Å². The lowest BCUT2D eigenvalue weighted by atomic mass is 9.87. The summed E-state index contributed by atoms with van der Waals surface area (Å²) in [6.45, 7) is 27.6. The predicted octanol–water partition coefficient (Wildman–Crippen LogP) is 10.4. The fraction of sp³-hybridized carbons (Fsp3) is 0.348. The van der Waals surface area contributed by atoms with Crippen molar-refractivity contribution in [1.29, 1.82) is 0 Å². The SMILES string of the molecule is CC(C)(C)c1ccc(P(c2ccc(C(C)(C)C)cc2)c2ccccc2P(c2ccc(C(C)(C)C)cc2)c2ccc(C(C)(C)C)cc2)cc1. The van der Waals surface area contributed by atoms with Crippen LogP contribution in [0, 0.1) is 0 Å². The van der Waals surface area contributed by atoms with E-state index in [-0.39, 0.29) is 21.7 Å². The molecule has 0 radical (unpaired) electrons. The smallest absolute Gasteiger partial charge is 0.00675 e. The highest BCUT2D eigenvalue weighted by molar-refractivity contribution is 7.85. The molecule has 0 amide bonds. The quantitative estimate of drug-likeness (QED) is 0.158. The molecule has 0 aliphatic carbocycles. The van der Waals surface area contributed by atoms with Crippen LogP contribution in [0.4, 0.5) is 0 Å². The molecule has 5 aromatic rings. The summed E-state index contributed by atoms with van der Waals surface area (Å²) in [5.41, 5.74) is 5.94. The van der Waals surface area contributed by atoms with Gasteiger partial charge in [0.25, 0.3) is 0 Å². The number of benzene rings is 5. The summed E-state index contributed by atoms with van der Waals surface area (Å²) in [5, 5.41) is 8.49. The second kappa shape index (κ2) is 13.7. The van der Waals surface area contributed by atoms with Gasteiger partial charge in [0.1, 0.15) is 0 Å². The van der Waals surface area contributed by atoms with Gasteiger partial charge in [-0.2, -0.15) is 0 Å². The standard InChI is InChI=1S/C46H56P2/c1-43(2,3)33-17-25-37(26-18-33)47(38-27-19-34(20-28-38)44(4,5)6)41-15-13-14-16-42(41)48(39-29-21-35(22-30-39)45(7,8)9)40-31-23-36(24-32-40)46(10,11)12/h13-32H,1-12H3. The van der Waals surface area contributed by atoms with E-state index >= 15 is 0 Å². The first-order chi connectivity index (χ1) is 22.3. The van der Waals surface area contributed by atoms with E-state index in [9.17, 15) is 0 Å². The van der Waals surface area contributed by atoms with Crippen LogP contribution < -0.4 is 31.8 Å². The molecule has 0 spiro atoms. The Morgan fingerprint density at radius 1 is 0.271 bits per heavy atom. The molecule has 0 N–H and O–H groups in total. The van der Waals surface area contributed by atoms with E-state index < -0.39 is 15.8 Å². The molecule has 5 aromatic carbocycles. The molecule has 0 bridgehead atoms. The summed E-state index contributed by atoms with van der Waals surface area (Å²) in [6, 6.07) is 47.4. The third-order valence-corrected chi connectivity index (χ3v) is 14.5. The zero-order chi connectivity index (χ0) is 35.1. The second-order valence-corrected chi connectivity index (χ2v) is 21.7. The molecule has 0 aromatic heterocycles. The molecule has 0 atom stereocenters. The van der Waals surface area contributed by atoms with Crippen molar-refractivity contribution in [1.82, 2.24) is 0 Å². The monoisotopic (exact) mass is 670 g/mol. The third kappa shape index (κ3) is 8.21. The van der Waals surface area contributed by atoms with Crippen molar-refractivity contribution in [3.05, 3.63) is 144 Å². The highest BCUT2D eigenvalue weighted by Gasteiger charge is 2.28. The van der Waals surface area contributed by atoms with Gasteiger partial charge in [-0.05, 0) is 91.6 Å². The van der Waals surface area contributed by atoms with E-state index in [2.05, 4.69) is 204 Å². The molecule has 0 aliphatic rings. The summed E-state index contributed by atoms with van der Waals surface area (Å²) in [6.07, 6.45) is 0. The van der Waals surface area contributed by atoms with Gasteiger partial charge < -0.3 is 0 Å². The van der Waals surface area contributed by atoms with Crippen LogP contribution in [0.15, 0.2) is 121 Å². The van der Waals surface area contributed by atoms with Crippen molar-refractivity contribution in [2.45, 2.75) is 105 Å². The first-order valence-corrected chi connectivity index (χ1v) is 20.1. The minimum atomic E-state index is -0.810. The number of hydrogen-bond acceptors (Lipinski definition) is 0. The largest absolute Gasteiger partial charge is 0.0616 e. The van der Waals surface area contributed by atoms with Crippen LogP contribution in [0.5, 0.6) is 0 Å². The van der Waals surface area contributed by atoms with Gasteiger partial charge in [-0.15, -0.1) is 0 Å². The third-order valence-electron chi connectivity index (χ3n) is 9.33. The number of rotatable bonds is 6. The second-order valence-electron chi connectivity index (χ2n) is 17.3. The van der Waals surface area contributed by atoms with Gasteiger partial charge in [0, 0.05) is 0 Å². The topological polar surface area (TPSA) is 0 Å².